The first-order valence-electron chi connectivity index (χ1n) is 8.87. The summed E-state index contributed by atoms with van der Waals surface area (Å²) in [7, 11) is 4.01. The maximum absolute atomic E-state index is 11.7. The molecule has 2 atom stereocenters. The molecule has 0 saturated heterocycles. The third kappa shape index (κ3) is 5.97. The molecule has 0 heterocycles. The van der Waals surface area contributed by atoms with Crippen LogP contribution < -0.4 is 0 Å². The molecule has 0 aliphatic heterocycles. The van der Waals surface area contributed by atoms with Gasteiger partial charge in [-0.15, -0.1) is 0 Å². The van der Waals surface area contributed by atoms with E-state index in [1.54, 1.807) is 12.1 Å². The van der Waals surface area contributed by atoms with Crippen LogP contribution in [0.4, 0.5) is 0 Å². The van der Waals surface area contributed by atoms with E-state index in [-0.39, 0.29) is 5.92 Å². The predicted molar refractivity (Wildman–Crippen MR) is 118 cm³/mol. The molecular weight excluding hydrogens is 401 g/mol. The number of nitrogens with zero attached hydrogens (tertiary/aromatic N) is 1. The number of hydrogen-bond acceptors (Lipinski definition) is 2. The first-order valence-corrected chi connectivity index (χ1v) is 10.0. The molecule has 2 aromatic carbocycles. The van der Waals surface area contributed by atoms with Gasteiger partial charge in [-0.2, -0.15) is 0 Å². The Kier molecular flexibility index (Phi) is 7.79. The lowest BCUT2D eigenvalue weighted by Gasteiger charge is -2.37. The molecule has 0 saturated carbocycles. The number of hydrogen-bond donors (Lipinski definition) is 1. The van der Waals surface area contributed by atoms with Crippen molar-refractivity contribution in [3.8, 4) is 0 Å². The fourth-order valence-corrected chi connectivity index (χ4v) is 3.89. The predicted octanol–water partition coefficient (Wildman–Crippen LogP) is 6.22. The molecule has 0 radical (unpaired) electrons. The zero-order valence-corrected chi connectivity index (χ0v) is 18.4. The van der Waals surface area contributed by atoms with E-state index < -0.39 is 5.60 Å². The second-order valence-corrected chi connectivity index (χ2v) is 8.66. The Labute approximate surface area is 177 Å². The molecule has 0 spiro atoms. The summed E-state index contributed by atoms with van der Waals surface area (Å²) in [5.74, 6) is -0.0113. The summed E-state index contributed by atoms with van der Waals surface area (Å²) in [5, 5.41) is 13.6. The van der Waals surface area contributed by atoms with Gasteiger partial charge in [0.25, 0.3) is 0 Å². The van der Waals surface area contributed by atoms with Crippen LogP contribution in [0.5, 0.6) is 0 Å². The van der Waals surface area contributed by atoms with Crippen molar-refractivity contribution in [1.82, 2.24) is 4.90 Å². The van der Waals surface area contributed by atoms with Crippen LogP contribution in [-0.4, -0.2) is 36.2 Å². The van der Waals surface area contributed by atoms with Crippen LogP contribution in [0.1, 0.15) is 25.0 Å². The normalized spacial score (nSPS) is 15.7. The fraction of sp³-hybridized carbons (Fsp3) is 0.364. The standard InChI is InChI=1S/C22H26Cl3NO/c1-15(11-17-5-8-19(23)9-6-17)22(27,16(2)14-26(3)4)13-18-7-10-20(24)12-21(18)25/h5-12,16,27H,13-14H2,1-4H3. The monoisotopic (exact) mass is 425 g/mol. The van der Waals surface area contributed by atoms with Crippen molar-refractivity contribution in [2.24, 2.45) is 5.92 Å². The Bertz CT molecular complexity index is 802. The van der Waals surface area contributed by atoms with E-state index in [0.29, 0.717) is 21.5 Å². The molecule has 1 N–H and O–H groups in total. The molecule has 5 heteroatoms. The Morgan fingerprint density at radius 1 is 1.07 bits per heavy atom. The summed E-state index contributed by atoms with van der Waals surface area (Å²) in [4.78, 5) is 2.08. The van der Waals surface area contributed by atoms with E-state index in [2.05, 4.69) is 11.8 Å². The van der Waals surface area contributed by atoms with E-state index in [4.69, 9.17) is 34.8 Å². The van der Waals surface area contributed by atoms with Crippen molar-refractivity contribution in [3.05, 3.63) is 74.2 Å². The van der Waals surface area contributed by atoms with Gasteiger partial charge in [0, 0.05) is 34.0 Å². The highest BCUT2D eigenvalue weighted by Gasteiger charge is 2.36. The van der Waals surface area contributed by atoms with Gasteiger partial charge < -0.3 is 10.0 Å². The topological polar surface area (TPSA) is 23.5 Å². The summed E-state index contributed by atoms with van der Waals surface area (Å²) >= 11 is 18.4. The minimum atomic E-state index is -1.05. The third-order valence-corrected chi connectivity index (χ3v) is 5.70. The van der Waals surface area contributed by atoms with Gasteiger partial charge >= 0.3 is 0 Å². The van der Waals surface area contributed by atoms with Crippen molar-refractivity contribution in [3.63, 3.8) is 0 Å². The van der Waals surface area contributed by atoms with Crippen molar-refractivity contribution in [2.45, 2.75) is 25.9 Å². The lowest BCUT2D eigenvalue weighted by Crippen LogP contribution is -2.44. The molecule has 2 rings (SSSR count). The van der Waals surface area contributed by atoms with Crippen LogP contribution in [0.25, 0.3) is 6.08 Å². The molecule has 0 fully saturated rings. The summed E-state index contributed by atoms with van der Waals surface area (Å²) < 4.78 is 0. The van der Waals surface area contributed by atoms with Crippen LogP contribution in [0, 0.1) is 5.92 Å². The molecule has 27 heavy (non-hydrogen) atoms. The first-order chi connectivity index (χ1) is 12.6. The van der Waals surface area contributed by atoms with Gasteiger partial charge in [0.1, 0.15) is 0 Å². The fourth-order valence-electron chi connectivity index (χ4n) is 3.29. The Morgan fingerprint density at radius 2 is 1.67 bits per heavy atom. The maximum Gasteiger partial charge on any atom is 0.0935 e. The molecule has 146 valence electrons. The number of aliphatic hydroxyl groups is 1. The molecule has 0 aliphatic carbocycles. The minimum absolute atomic E-state index is 0.0113. The quantitative estimate of drug-likeness (QED) is 0.568. The van der Waals surface area contributed by atoms with Crippen LogP contribution in [-0.2, 0) is 6.42 Å². The van der Waals surface area contributed by atoms with Crippen molar-refractivity contribution in [2.75, 3.05) is 20.6 Å². The van der Waals surface area contributed by atoms with E-state index >= 15 is 0 Å². The Hall–Kier alpha value is -1.03. The molecule has 2 nitrogen and oxygen atoms in total. The van der Waals surface area contributed by atoms with Gasteiger partial charge in [-0.3, -0.25) is 0 Å². The summed E-state index contributed by atoms with van der Waals surface area (Å²) in [6.45, 7) is 4.77. The minimum Gasteiger partial charge on any atom is -0.385 e. The van der Waals surface area contributed by atoms with Crippen molar-refractivity contribution in [1.29, 1.82) is 0 Å². The largest absolute Gasteiger partial charge is 0.385 e. The van der Waals surface area contributed by atoms with Gasteiger partial charge in [0.15, 0.2) is 0 Å². The lowest BCUT2D eigenvalue weighted by atomic mass is 9.77. The van der Waals surface area contributed by atoms with E-state index in [1.165, 1.54) is 0 Å². The zero-order valence-electron chi connectivity index (χ0n) is 16.1. The van der Waals surface area contributed by atoms with Gasteiger partial charge in [0.2, 0.25) is 0 Å². The first kappa shape index (κ1) is 22.3. The SMILES string of the molecule is CC(=Cc1ccc(Cl)cc1)C(O)(Cc1ccc(Cl)cc1Cl)C(C)CN(C)C. The summed E-state index contributed by atoms with van der Waals surface area (Å²) in [6.07, 6.45) is 2.42. The molecule has 2 aromatic rings. The van der Waals surface area contributed by atoms with E-state index in [0.717, 1.165) is 23.2 Å². The smallest absolute Gasteiger partial charge is 0.0935 e. The molecule has 2 unspecified atom stereocenters. The zero-order chi connectivity index (χ0) is 20.2. The van der Waals surface area contributed by atoms with Crippen molar-refractivity contribution < 1.29 is 5.11 Å². The number of benzene rings is 2. The van der Waals surface area contributed by atoms with Gasteiger partial charge in [0.05, 0.1) is 5.60 Å². The number of halogens is 3. The second-order valence-electron chi connectivity index (χ2n) is 7.38. The van der Waals surface area contributed by atoms with Crippen molar-refractivity contribution >= 4 is 40.9 Å². The summed E-state index contributed by atoms with van der Waals surface area (Å²) in [6, 6.07) is 13.0. The Balaban J connectivity index is 2.43. The van der Waals surface area contributed by atoms with E-state index in [9.17, 15) is 5.11 Å². The Morgan fingerprint density at radius 3 is 2.22 bits per heavy atom. The molecule has 0 bridgehead atoms. The van der Waals surface area contributed by atoms with Crippen LogP contribution in [0.2, 0.25) is 15.1 Å². The second kappa shape index (κ2) is 9.45. The molecule has 0 aliphatic rings. The number of rotatable bonds is 7. The molecule has 0 aromatic heterocycles. The summed E-state index contributed by atoms with van der Waals surface area (Å²) in [5.41, 5.74) is 1.69. The highest BCUT2D eigenvalue weighted by Crippen LogP contribution is 2.34. The maximum atomic E-state index is 11.7. The third-order valence-electron chi connectivity index (χ3n) is 4.87. The van der Waals surface area contributed by atoms with Gasteiger partial charge in [-0.1, -0.05) is 66.0 Å². The molecule has 0 amide bonds. The highest BCUT2D eigenvalue weighted by molar-refractivity contribution is 6.35. The van der Waals surface area contributed by atoms with E-state index in [1.807, 2.05) is 57.4 Å². The van der Waals surface area contributed by atoms with Gasteiger partial charge in [-0.05, 0) is 62.0 Å². The van der Waals surface area contributed by atoms with Gasteiger partial charge in [-0.25, -0.2) is 0 Å². The highest BCUT2D eigenvalue weighted by atomic mass is 35.5. The molecular formula is C22H26Cl3NO. The van der Waals surface area contributed by atoms with Crippen LogP contribution in [0.3, 0.4) is 0 Å². The average Bonchev–Trinajstić information content (AvgIpc) is 2.58. The lowest BCUT2D eigenvalue weighted by molar-refractivity contribution is 0.0150. The van der Waals surface area contributed by atoms with Crippen LogP contribution in [0.15, 0.2) is 48.0 Å². The van der Waals surface area contributed by atoms with Crippen LogP contribution >= 0.6 is 34.8 Å². The average molecular weight is 427 g/mol.